The van der Waals surface area contributed by atoms with E-state index in [0.717, 1.165) is 56.0 Å². The van der Waals surface area contributed by atoms with E-state index in [2.05, 4.69) is 205 Å². The van der Waals surface area contributed by atoms with E-state index in [0.29, 0.717) is 5.89 Å². The van der Waals surface area contributed by atoms with E-state index in [1.165, 1.54) is 33.4 Å². The molecule has 0 bridgehead atoms. The van der Waals surface area contributed by atoms with E-state index >= 15 is 0 Å². The Morgan fingerprint density at radius 1 is 0.356 bits per heavy atom. The molecule has 0 saturated carbocycles. The van der Waals surface area contributed by atoms with Crippen LogP contribution in [0.25, 0.3) is 55.9 Å². The average molecular weight is 755 g/mol. The van der Waals surface area contributed by atoms with Crippen LogP contribution in [0.4, 0.5) is 17.1 Å². The molecule has 10 aromatic rings. The maximum atomic E-state index is 6.53. The van der Waals surface area contributed by atoms with Crippen molar-refractivity contribution in [1.82, 2.24) is 4.98 Å². The van der Waals surface area contributed by atoms with Crippen LogP contribution in [-0.2, 0) is 5.41 Å². The Morgan fingerprint density at radius 3 is 1.46 bits per heavy atom. The van der Waals surface area contributed by atoms with Crippen molar-refractivity contribution in [2.24, 2.45) is 0 Å². The number of rotatable bonds is 8. The number of nitrogens with zero attached hydrogens (tertiary/aromatic N) is 2. The first-order chi connectivity index (χ1) is 29.2. The standard InChI is InChI=1S/C56H38N2O/c1-6-18-39(19-7-1)42-34-43(40-20-8-2-9-21-40)36-48(35-42)58(47-31-33-53-54(38-47)59-55(57-53)41-22-10-3-11-23-41)46-30-32-50-49-28-16-17-29-51(49)56(52(50)37-46,44-24-12-4-13-25-44)45-26-14-5-15-27-45/h1-38H. The average Bonchev–Trinajstić information content (AvgIpc) is 3.88. The normalized spacial score (nSPS) is 12.5. The monoisotopic (exact) mass is 754 g/mol. The summed E-state index contributed by atoms with van der Waals surface area (Å²) in [5, 5.41) is 0. The van der Waals surface area contributed by atoms with Gasteiger partial charge in [-0.05, 0) is 110 Å². The van der Waals surface area contributed by atoms with Gasteiger partial charge in [0.1, 0.15) is 5.52 Å². The fourth-order valence-electron chi connectivity index (χ4n) is 9.11. The molecule has 0 aliphatic heterocycles. The summed E-state index contributed by atoms with van der Waals surface area (Å²) in [6.45, 7) is 0. The minimum Gasteiger partial charge on any atom is -0.436 e. The van der Waals surface area contributed by atoms with Gasteiger partial charge < -0.3 is 9.32 Å². The van der Waals surface area contributed by atoms with E-state index in [-0.39, 0.29) is 0 Å². The van der Waals surface area contributed by atoms with Gasteiger partial charge in [0.2, 0.25) is 5.89 Å². The van der Waals surface area contributed by atoms with E-state index in [1.807, 2.05) is 30.3 Å². The van der Waals surface area contributed by atoms with Crippen molar-refractivity contribution in [3.05, 3.63) is 253 Å². The Morgan fingerprint density at radius 2 is 0.847 bits per heavy atom. The van der Waals surface area contributed by atoms with Crippen molar-refractivity contribution >= 4 is 28.2 Å². The molecule has 1 aliphatic rings. The van der Waals surface area contributed by atoms with E-state index in [9.17, 15) is 0 Å². The molecule has 3 nitrogen and oxygen atoms in total. The Labute approximate surface area is 344 Å². The maximum absolute atomic E-state index is 6.53. The Balaban J connectivity index is 1.19. The highest BCUT2D eigenvalue weighted by Crippen LogP contribution is 2.57. The van der Waals surface area contributed by atoms with Crippen molar-refractivity contribution in [3.63, 3.8) is 0 Å². The highest BCUT2D eigenvalue weighted by molar-refractivity contribution is 5.92. The van der Waals surface area contributed by atoms with E-state index in [1.54, 1.807) is 0 Å². The number of fused-ring (bicyclic) bond motifs is 4. The van der Waals surface area contributed by atoms with Crippen LogP contribution in [0.1, 0.15) is 22.3 Å². The van der Waals surface area contributed by atoms with Crippen molar-refractivity contribution in [1.29, 1.82) is 0 Å². The van der Waals surface area contributed by atoms with Gasteiger partial charge in [-0.2, -0.15) is 0 Å². The maximum Gasteiger partial charge on any atom is 0.227 e. The van der Waals surface area contributed by atoms with Crippen molar-refractivity contribution in [2.45, 2.75) is 5.41 Å². The minimum atomic E-state index is -0.545. The largest absolute Gasteiger partial charge is 0.436 e. The Hall–Kier alpha value is -7.75. The fraction of sp³-hybridized carbons (Fsp3) is 0.0179. The molecule has 0 saturated heterocycles. The molecule has 1 aromatic heterocycles. The molecule has 11 rings (SSSR count). The van der Waals surface area contributed by atoms with Gasteiger partial charge in [-0.3, -0.25) is 0 Å². The predicted molar refractivity (Wildman–Crippen MR) is 242 cm³/mol. The highest BCUT2D eigenvalue weighted by Gasteiger charge is 2.46. The molecule has 0 fully saturated rings. The molecule has 9 aromatic carbocycles. The van der Waals surface area contributed by atoms with Gasteiger partial charge in [-0.15, -0.1) is 0 Å². The topological polar surface area (TPSA) is 29.3 Å². The lowest BCUT2D eigenvalue weighted by Gasteiger charge is -2.35. The third-order valence-corrected chi connectivity index (χ3v) is 11.7. The number of anilines is 3. The Bertz CT molecular complexity index is 2990. The molecule has 0 spiro atoms. The van der Waals surface area contributed by atoms with Gasteiger partial charge >= 0.3 is 0 Å². The first-order valence-corrected chi connectivity index (χ1v) is 20.1. The minimum absolute atomic E-state index is 0.545. The van der Waals surface area contributed by atoms with E-state index in [4.69, 9.17) is 9.40 Å². The zero-order valence-electron chi connectivity index (χ0n) is 32.2. The number of hydrogen-bond acceptors (Lipinski definition) is 3. The molecule has 0 N–H and O–H groups in total. The van der Waals surface area contributed by atoms with Crippen LogP contribution < -0.4 is 4.90 Å². The van der Waals surface area contributed by atoms with Crippen molar-refractivity contribution in [3.8, 4) is 44.8 Å². The van der Waals surface area contributed by atoms with Crippen LogP contribution in [0, 0.1) is 0 Å². The van der Waals surface area contributed by atoms with Crippen LogP contribution in [0.2, 0.25) is 0 Å². The summed E-state index contributed by atoms with van der Waals surface area (Å²) < 4.78 is 6.53. The highest BCUT2D eigenvalue weighted by atomic mass is 16.3. The summed E-state index contributed by atoms with van der Waals surface area (Å²) in [6.07, 6.45) is 0. The Kier molecular flexibility index (Phi) is 8.37. The van der Waals surface area contributed by atoms with Gasteiger partial charge in [-0.25, -0.2) is 4.98 Å². The van der Waals surface area contributed by atoms with Gasteiger partial charge in [0, 0.05) is 28.7 Å². The first-order valence-electron chi connectivity index (χ1n) is 20.1. The van der Waals surface area contributed by atoms with Crippen LogP contribution in [-0.4, -0.2) is 4.98 Å². The molecular weight excluding hydrogens is 717 g/mol. The second-order valence-electron chi connectivity index (χ2n) is 15.1. The molecular formula is C56H38N2O. The summed E-state index contributed by atoms with van der Waals surface area (Å²) in [5.41, 5.74) is 17.0. The molecule has 278 valence electrons. The van der Waals surface area contributed by atoms with Gasteiger partial charge in [0.25, 0.3) is 0 Å². The number of oxazole rings is 1. The molecule has 0 radical (unpaired) electrons. The second-order valence-corrected chi connectivity index (χ2v) is 15.1. The molecule has 3 heteroatoms. The fourth-order valence-corrected chi connectivity index (χ4v) is 9.11. The third-order valence-electron chi connectivity index (χ3n) is 11.7. The first kappa shape index (κ1) is 34.5. The molecule has 59 heavy (non-hydrogen) atoms. The van der Waals surface area contributed by atoms with Crippen LogP contribution in [0.3, 0.4) is 0 Å². The van der Waals surface area contributed by atoms with Crippen molar-refractivity contribution < 1.29 is 4.42 Å². The van der Waals surface area contributed by atoms with Gasteiger partial charge in [0.15, 0.2) is 5.58 Å². The zero-order chi connectivity index (χ0) is 39.2. The number of hydrogen-bond donors (Lipinski definition) is 0. The quantitative estimate of drug-likeness (QED) is 0.155. The summed E-state index contributed by atoms with van der Waals surface area (Å²) in [4.78, 5) is 7.29. The van der Waals surface area contributed by atoms with Crippen LogP contribution in [0.5, 0.6) is 0 Å². The number of benzene rings is 9. The predicted octanol–water partition coefficient (Wildman–Crippen LogP) is 14.7. The van der Waals surface area contributed by atoms with Gasteiger partial charge in [0.05, 0.1) is 5.41 Å². The SMILES string of the molecule is c1ccc(-c2cc(-c3ccccc3)cc(N(c3ccc4c(c3)C(c3ccccc3)(c3ccccc3)c3ccccc3-4)c3ccc4nc(-c5ccccc5)oc4c3)c2)cc1. The summed E-state index contributed by atoms with van der Waals surface area (Å²) >= 11 is 0. The lowest BCUT2D eigenvalue weighted by atomic mass is 9.67. The van der Waals surface area contributed by atoms with Crippen LogP contribution in [0.15, 0.2) is 235 Å². The molecule has 0 amide bonds. The van der Waals surface area contributed by atoms with Crippen molar-refractivity contribution in [2.75, 3.05) is 4.90 Å². The van der Waals surface area contributed by atoms with Gasteiger partial charge in [-0.1, -0.05) is 170 Å². The van der Waals surface area contributed by atoms with E-state index < -0.39 is 5.41 Å². The summed E-state index contributed by atoms with van der Waals surface area (Å²) in [6, 6.07) is 82.6. The lowest BCUT2D eigenvalue weighted by molar-refractivity contribution is 0.620. The van der Waals surface area contributed by atoms with Crippen LogP contribution >= 0.6 is 0 Å². The molecule has 1 aliphatic carbocycles. The number of aromatic nitrogens is 1. The molecule has 1 heterocycles. The lowest BCUT2D eigenvalue weighted by Crippen LogP contribution is -2.28. The zero-order valence-corrected chi connectivity index (χ0v) is 32.2. The smallest absolute Gasteiger partial charge is 0.227 e. The second kappa shape index (κ2) is 14.3. The molecule has 0 atom stereocenters. The summed E-state index contributed by atoms with van der Waals surface area (Å²) in [7, 11) is 0. The summed E-state index contributed by atoms with van der Waals surface area (Å²) in [5.74, 6) is 0.604. The third kappa shape index (κ3) is 5.86. The molecule has 0 unspecified atom stereocenters.